The third-order valence-corrected chi connectivity index (χ3v) is 6.98. The molecule has 3 nitrogen and oxygen atoms in total. The Bertz CT molecular complexity index is 449. The molecule has 0 aliphatic rings. The van der Waals surface area contributed by atoms with Crippen LogP contribution in [0.25, 0.3) is 0 Å². The molecule has 0 bridgehead atoms. The Kier molecular flexibility index (Phi) is 5.92. The molecule has 7 heteroatoms. The number of rotatable bonds is 6. The van der Waals surface area contributed by atoms with Crippen LogP contribution in [-0.2, 0) is 10.0 Å². The Morgan fingerprint density at radius 3 is 2.47 bits per heavy atom. The molecule has 17 heavy (non-hydrogen) atoms. The molecule has 0 saturated heterocycles. The van der Waals surface area contributed by atoms with Crippen LogP contribution in [0.5, 0.6) is 0 Å². The van der Waals surface area contributed by atoms with Crippen molar-refractivity contribution in [1.82, 2.24) is 4.72 Å². The van der Waals surface area contributed by atoms with E-state index in [0.717, 1.165) is 24.2 Å². The van der Waals surface area contributed by atoms with Crippen molar-refractivity contribution in [1.29, 1.82) is 0 Å². The molecule has 1 heterocycles. The lowest BCUT2D eigenvalue weighted by molar-refractivity contribution is 0.479. The van der Waals surface area contributed by atoms with Crippen LogP contribution in [0.3, 0.4) is 0 Å². The van der Waals surface area contributed by atoms with E-state index >= 15 is 0 Å². The topological polar surface area (TPSA) is 46.2 Å². The van der Waals surface area contributed by atoms with E-state index in [1.165, 1.54) is 6.07 Å². The third-order valence-electron chi connectivity index (χ3n) is 2.60. The molecule has 0 spiro atoms. The van der Waals surface area contributed by atoms with E-state index in [0.29, 0.717) is 21.3 Å². The predicted octanol–water partition coefficient (Wildman–Crippen LogP) is 3.88. The Labute approximate surface area is 120 Å². The maximum atomic E-state index is 12.0. The average molecular weight is 361 g/mol. The van der Waals surface area contributed by atoms with Gasteiger partial charge in [0.15, 0.2) is 0 Å². The van der Waals surface area contributed by atoms with Crippen LogP contribution in [0, 0.1) is 5.92 Å². The van der Waals surface area contributed by atoms with Crippen molar-refractivity contribution >= 4 is 48.9 Å². The molecule has 0 saturated carbocycles. The molecule has 98 valence electrons. The minimum absolute atomic E-state index is 0.250. The zero-order valence-electron chi connectivity index (χ0n) is 9.66. The first kappa shape index (κ1) is 15.4. The SMILES string of the molecule is CCC(CC)CNS(=O)(=O)c1cc(Cl)c(Br)s1. The molecule has 0 aliphatic carbocycles. The molecule has 0 radical (unpaired) electrons. The van der Waals surface area contributed by atoms with Gasteiger partial charge in [0.25, 0.3) is 0 Å². The third kappa shape index (κ3) is 4.21. The monoisotopic (exact) mass is 359 g/mol. The fourth-order valence-corrected chi connectivity index (χ4v) is 4.89. The summed E-state index contributed by atoms with van der Waals surface area (Å²) in [7, 11) is -3.42. The zero-order chi connectivity index (χ0) is 13.1. The highest BCUT2D eigenvalue weighted by molar-refractivity contribution is 9.11. The van der Waals surface area contributed by atoms with Gasteiger partial charge in [0.1, 0.15) is 4.21 Å². The lowest BCUT2D eigenvalue weighted by Crippen LogP contribution is -2.28. The van der Waals surface area contributed by atoms with Gasteiger partial charge in [-0.25, -0.2) is 13.1 Å². The molecule has 0 fully saturated rings. The van der Waals surface area contributed by atoms with Gasteiger partial charge >= 0.3 is 0 Å². The van der Waals surface area contributed by atoms with Gasteiger partial charge in [-0.05, 0) is 27.9 Å². The summed E-state index contributed by atoms with van der Waals surface area (Å²) in [6, 6.07) is 1.46. The second kappa shape index (κ2) is 6.52. The number of hydrogen-bond acceptors (Lipinski definition) is 3. The van der Waals surface area contributed by atoms with E-state index in [2.05, 4.69) is 34.5 Å². The van der Waals surface area contributed by atoms with Gasteiger partial charge in [0, 0.05) is 6.54 Å². The van der Waals surface area contributed by atoms with Crippen LogP contribution in [0.4, 0.5) is 0 Å². The molecule has 0 aromatic carbocycles. The molecule has 1 aromatic rings. The Hall–Kier alpha value is 0.380. The highest BCUT2D eigenvalue weighted by Crippen LogP contribution is 2.34. The summed E-state index contributed by atoms with van der Waals surface area (Å²) < 4.78 is 27.4. The largest absolute Gasteiger partial charge is 0.250 e. The van der Waals surface area contributed by atoms with Crippen molar-refractivity contribution in [3.05, 3.63) is 14.9 Å². The molecule has 0 amide bonds. The summed E-state index contributed by atoms with van der Waals surface area (Å²) in [4.78, 5) is 0. The smallest absolute Gasteiger partial charge is 0.210 e. The summed E-state index contributed by atoms with van der Waals surface area (Å²) in [5, 5.41) is 0.429. The van der Waals surface area contributed by atoms with Gasteiger partial charge in [-0.1, -0.05) is 38.3 Å². The molecule has 0 aliphatic heterocycles. The normalized spacial score (nSPS) is 12.3. The second-order valence-electron chi connectivity index (χ2n) is 3.72. The van der Waals surface area contributed by atoms with Crippen molar-refractivity contribution in [2.24, 2.45) is 5.92 Å². The van der Waals surface area contributed by atoms with Gasteiger partial charge in [0.05, 0.1) is 8.81 Å². The van der Waals surface area contributed by atoms with Gasteiger partial charge in [-0.3, -0.25) is 0 Å². The van der Waals surface area contributed by atoms with Crippen molar-refractivity contribution in [3.63, 3.8) is 0 Å². The number of nitrogens with one attached hydrogen (secondary N) is 1. The Morgan fingerprint density at radius 1 is 1.47 bits per heavy atom. The maximum Gasteiger partial charge on any atom is 0.250 e. The molecular weight excluding hydrogens is 346 g/mol. The van der Waals surface area contributed by atoms with E-state index < -0.39 is 10.0 Å². The highest BCUT2D eigenvalue weighted by Gasteiger charge is 2.19. The minimum Gasteiger partial charge on any atom is -0.210 e. The fraction of sp³-hybridized carbons (Fsp3) is 0.600. The minimum atomic E-state index is -3.42. The van der Waals surface area contributed by atoms with Crippen molar-refractivity contribution in [2.75, 3.05) is 6.54 Å². The number of sulfonamides is 1. The summed E-state index contributed by atoms with van der Waals surface area (Å²) in [6.45, 7) is 4.59. The maximum absolute atomic E-state index is 12.0. The lowest BCUT2D eigenvalue weighted by atomic mass is 10.0. The highest BCUT2D eigenvalue weighted by atomic mass is 79.9. The Morgan fingerprint density at radius 2 is 2.06 bits per heavy atom. The first-order valence-electron chi connectivity index (χ1n) is 5.35. The Balaban J connectivity index is 2.75. The van der Waals surface area contributed by atoms with Crippen LogP contribution in [0.1, 0.15) is 26.7 Å². The second-order valence-corrected chi connectivity index (χ2v) is 8.49. The van der Waals surface area contributed by atoms with Crippen molar-refractivity contribution < 1.29 is 8.42 Å². The lowest BCUT2D eigenvalue weighted by Gasteiger charge is -2.12. The van der Waals surface area contributed by atoms with Crippen LogP contribution in [0.15, 0.2) is 14.1 Å². The van der Waals surface area contributed by atoms with Crippen LogP contribution < -0.4 is 4.72 Å². The van der Waals surface area contributed by atoms with Gasteiger partial charge in [-0.15, -0.1) is 11.3 Å². The predicted molar refractivity (Wildman–Crippen MR) is 76.3 cm³/mol. The molecule has 0 atom stereocenters. The summed E-state index contributed by atoms with van der Waals surface area (Å²) in [5.41, 5.74) is 0. The van der Waals surface area contributed by atoms with E-state index in [1.54, 1.807) is 0 Å². The van der Waals surface area contributed by atoms with E-state index in [-0.39, 0.29) is 4.21 Å². The number of halogens is 2. The van der Waals surface area contributed by atoms with Crippen LogP contribution in [0.2, 0.25) is 5.02 Å². The van der Waals surface area contributed by atoms with Crippen molar-refractivity contribution in [3.8, 4) is 0 Å². The zero-order valence-corrected chi connectivity index (χ0v) is 13.6. The van der Waals surface area contributed by atoms with Gasteiger partial charge in [-0.2, -0.15) is 0 Å². The molecule has 1 N–H and O–H groups in total. The van der Waals surface area contributed by atoms with E-state index in [1.807, 2.05) is 0 Å². The number of thiophene rings is 1. The van der Waals surface area contributed by atoms with Gasteiger partial charge in [0.2, 0.25) is 10.0 Å². The first-order chi connectivity index (χ1) is 7.90. The molecule has 1 aromatic heterocycles. The number of hydrogen-bond donors (Lipinski definition) is 1. The summed E-state index contributed by atoms with van der Waals surface area (Å²) >= 11 is 10.2. The standard InChI is InChI=1S/C10H15BrClNO2S2/c1-3-7(4-2)6-13-17(14,15)9-5-8(12)10(11)16-9/h5,7,13H,3-4,6H2,1-2H3. The average Bonchev–Trinajstić information content (AvgIpc) is 2.61. The molecule has 1 rings (SSSR count). The van der Waals surface area contributed by atoms with Gasteiger partial charge < -0.3 is 0 Å². The summed E-state index contributed by atoms with van der Waals surface area (Å²) in [6.07, 6.45) is 1.93. The molecule has 0 unspecified atom stereocenters. The van der Waals surface area contributed by atoms with Crippen LogP contribution >= 0.6 is 38.9 Å². The van der Waals surface area contributed by atoms with Crippen molar-refractivity contribution in [2.45, 2.75) is 30.9 Å². The first-order valence-corrected chi connectivity index (χ1v) is 8.82. The summed E-state index contributed by atoms with van der Waals surface area (Å²) in [5.74, 6) is 0.378. The molecular formula is C10H15BrClNO2S2. The van der Waals surface area contributed by atoms with E-state index in [4.69, 9.17) is 11.6 Å². The quantitative estimate of drug-likeness (QED) is 0.837. The van der Waals surface area contributed by atoms with Crippen LogP contribution in [-0.4, -0.2) is 15.0 Å². The fourth-order valence-electron chi connectivity index (χ4n) is 1.34. The van der Waals surface area contributed by atoms with E-state index in [9.17, 15) is 8.42 Å².